The molecule has 4 N–H and O–H groups in total. The number of aromatic amines is 4. The molecule has 16 heteroatoms. The first-order valence-electron chi connectivity index (χ1n) is 5.62. The average molecular weight is 300 g/mol. The van der Waals surface area contributed by atoms with Gasteiger partial charge < -0.3 is 0 Å². The zero-order valence-corrected chi connectivity index (χ0v) is 10.4. The van der Waals surface area contributed by atoms with E-state index in [9.17, 15) is 0 Å². The van der Waals surface area contributed by atoms with Gasteiger partial charge in [0.1, 0.15) is 0 Å². The van der Waals surface area contributed by atoms with Gasteiger partial charge in [-0.05, 0) is 10.4 Å². The molecule has 4 heterocycles. The number of aromatic nitrogens is 14. The van der Waals surface area contributed by atoms with Crippen molar-refractivity contribution in [3.05, 3.63) is 0 Å². The third-order valence-corrected chi connectivity index (χ3v) is 2.41. The Kier molecular flexibility index (Phi) is 2.60. The van der Waals surface area contributed by atoms with Crippen molar-refractivity contribution in [1.82, 2.24) is 72.1 Å². The van der Waals surface area contributed by atoms with E-state index in [1.165, 1.54) is 0 Å². The maximum atomic E-state index is 3.92. The zero-order chi connectivity index (χ0) is 14.8. The molecule has 0 amide bonds. The van der Waals surface area contributed by atoms with Crippen LogP contribution in [-0.4, -0.2) is 72.1 Å². The molecule has 0 bridgehead atoms. The first kappa shape index (κ1) is 11.8. The second-order valence-corrected chi connectivity index (χ2v) is 3.66. The highest BCUT2D eigenvalue weighted by Gasteiger charge is 2.17. The number of hydrogen-bond acceptors (Lipinski definition) is 12. The fourth-order valence-electron chi connectivity index (χ4n) is 1.51. The molecule has 0 saturated carbocycles. The molecular formula is C6H4N16. The van der Waals surface area contributed by atoms with Gasteiger partial charge in [-0.25, -0.2) is 0 Å². The zero-order valence-electron chi connectivity index (χ0n) is 10.4. The van der Waals surface area contributed by atoms with Gasteiger partial charge in [0, 0.05) is 0 Å². The van der Waals surface area contributed by atoms with Gasteiger partial charge in [0.15, 0.2) is 11.4 Å². The molecule has 4 aromatic rings. The molecule has 0 unspecified atom stereocenters. The molecule has 0 aromatic carbocycles. The molecule has 0 spiro atoms. The Balaban J connectivity index is 1.67. The molecule has 22 heavy (non-hydrogen) atoms. The molecule has 0 aliphatic carbocycles. The predicted molar refractivity (Wildman–Crippen MR) is 63.3 cm³/mol. The van der Waals surface area contributed by atoms with Gasteiger partial charge in [0.25, 0.3) is 0 Å². The van der Waals surface area contributed by atoms with E-state index in [4.69, 9.17) is 0 Å². The molecule has 0 radical (unpaired) electrons. The van der Waals surface area contributed by atoms with Crippen LogP contribution < -0.4 is 0 Å². The van der Waals surface area contributed by atoms with E-state index in [1.807, 2.05) is 0 Å². The van der Waals surface area contributed by atoms with Crippen molar-refractivity contribution in [3.63, 3.8) is 0 Å². The lowest BCUT2D eigenvalue weighted by atomic mass is 10.4. The number of nitrogens with one attached hydrogen (secondary N) is 4. The van der Waals surface area contributed by atoms with Crippen LogP contribution in [0.25, 0.3) is 23.0 Å². The summed E-state index contributed by atoms with van der Waals surface area (Å²) < 4.78 is 0. The minimum atomic E-state index is 0.156. The van der Waals surface area contributed by atoms with Crippen LogP contribution in [-0.2, 0) is 0 Å². The Bertz CT molecular complexity index is 803. The summed E-state index contributed by atoms with van der Waals surface area (Å²) in [5.41, 5.74) is 0.559. The summed E-state index contributed by atoms with van der Waals surface area (Å²) in [5.74, 6) is 0.759. The standard InChI is InChI=1S/C6H4N16/c7-1(5-13-19-20-14-5)3(11-17-7)9-10-4-2(8-18-12-4)6-15-21-22-16-6/h(H,7,11,17)(H,8,12,18)(H,13,14,19,20)(H,15,16,21,22). The minimum Gasteiger partial charge on any atom is -0.195 e. The summed E-state index contributed by atoms with van der Waals surface area (Å²) in [7, 11) is 0. The maximum Gasteiger partial charge on any atom is 0.228 e. The number of rotatable bonds is 4. The van der Waals surface area contributed by atoms with Crippen LogP contribution in [0.15, 0.2) is 10.2 Å². The first-order chi connectivity index (χ1) is 10.9. The van der Waals surface area contributed by atoms with E-state index in [0.717, 1.165) is 0 Å². The van der Waals surface area contributed by atoms with Crippen LogP contribution in [0.4, 0.5) is 11.6 Å². The Morgan fingerprint density at radius 3 is 1.45 bits per heavy atom. The van der Waals surface area contributed by atoms with E-state index < -0.39 is 0 Å². The fraction of sp³-hybridized carbons (Fsp3) is 0. The van der Waals surface area contributed by atoms with Gasteiger partial charge in [0.05, 0.1) is 0 Å². The van der Waals surface area contributed by atoms with Crippen LogP contribution in [0.2, 0.25) is 0 Å². The summed E-state index contributed by atoms with van der Waals surface area (Å²) in [4.78, 5) is 0. The number of tetrazole rings is 2. The van der Waals surface area contributed by atoms with Gasteiger partial charge in [-0.1, -0.05) is 0 Å². The number of hydrogen-bond donors (Lipinski definition) is 4. The Labute approximate surface area is 118 Å². The van der Waals surface area contributed by atoms with Crippen molar-refractivity contribution in [2.75, 3.05) is 0 Å². The monoisotopic (exact) mass is 300 g/mol. The number of azo groups is 1. The topological polar surface area (TPSA) is 217 Å². The molecule has 0 aliphatic heterocycles. The number of nitrogens with zero attached hydrogens (tertiary/aromatic N) is 12. The quantitative estimate of drug-likeness (QED) is 0.326. The minimum absolute atomic E-state index is 0.156. The third kappa shape index (κ3) is 1.95. The largest absolute Gasteiger partial charge is 0.228 e. The maximum absolute atomic E-state index is 3.92. The van der Waals surface area contributed by atoms with Crippen molar-refractivity contribution in [2.45, 2.75) is 0 Å². The van der Waals surface area contributed by atoms with Crippen molar-refractivity contribution >= 4 is 11.6 Å². The Hall–Kier alpha value is -3.98. The average Bonchev–Trinajstić information content (AvgIpc) is 3.32. The molecule has 4 rings (SSSR count). The number of H-pyrrole nitrogens is 4. The van der Waals surface area contributed by atoms with E-state index >= 15 is 0 Å². The molecule has 0 fully saturated rings. The van der Waals surface area contributed by atoms with E-state index in [2.05, 4.69) is 82.3 Å². The van der Waals surface area contributed by atoms with E-state index in [-0.39, 0.29) is 34.7 Å². The van der Waals surface area contributed by atoms with Crippen LogP contribution in [0.5, 0.6) is 0 Å². The molecule has 108 valence electrons. The van der Waals surface area contributed by atoms with Gasteiger partial charge in [-0.2, -0.15) is 31.1 Å². The summed E-state index contributed by atoms with van der Waals surface area (Å²) >= 11 is 0. The van der Waals surface area contributed by atoms with Crippen molar-refractivity contribution in [2.24, 2.45) is 10.2 Å². The van der Waals surface area contributed by atoms with Crippen LogP contribution >= 0.6 is 0 Å². The van der Waals surface area contributed by atoms with Gasteiger partial charge in [0.2, 0.25) is 23.3 Å². The van der Waals surface area contributed by atoms with Gasteiger partial charge in [-0.3, -0.25) is 0 Å². The smallest absolute Gasteiger partial charge is 0.195 e. The molecule has 4 aromatic heterocycles. The summed E-state index contributed by atoms with van der Waals surface area (Å²) in [6, 6.07) is 0. The molecule has 16 nitrogen and oxygen atoms in total. The lowest BCUT2D eigenvalue weighted by molar-refractivity contribution is 0.881. The fourth-order valence-corrected chi connectivity index (χ4v) is 1.51. The second kappa shape index (κ2) is 4.85. The lowest BCUT2D eigenvalue weighted by Crippen LogP contribution is -1.82. The summed E-state index contributed by atoms with van der Waals surface area (Å²) in [6.45, 7) is 0. The summed E-state index contributed by atoms with van der Waals surface area (Å²) in [5, 5.41) is 54.7. The van der Waals surface area contributed by atoms with Gasteiger partial charge in [-0.15, -0.1) is 40.8 Å². The van der Waals surface area contributed by atoms with Crippen LogP contribution in [0, 0.1) is 0 Å². The second-order valence-electron chi connectivity index (χ2n) is 3.66. The SMILES string of the molecule is N(=Nc1n[nH]nc1-c1nn[nH]n1)c1n[nH]nc1-c1nn[nH]n1. The predicted octanol–water partition coefficient (Wildman–Crippen LogP) is -1.30. The van der Waals surface area contributed by atoms with E-state index in [1.54, 1.807) is 0 Å². The Morgan fingerprint density at radius 2 is 1.05 bits per heavy atom. The van der Waals surface area contributed by atoms with Crippen LogP contribution in [0.1, 0.15) is 0 Å². The molecular weight excluding hydrogens is 296 g/mol. The van der Waals surface area contributed by atoms with Crippen LogP contribution in [0.3, 0.4) is 0 Å². The third-order valence-electron chi connectivity index (χ3n) is 2.41. The molecule has 0 saturated heterocycles. The highest BCUT2D eigenvalue weighted by atomic mass is 15.5. The highest BCUT2D eigenvalue weighted by molar-refractivity contribution is 5.63. The van der Waals surface area contributed by atoms with Crippen molar-refractivity contribution in [3.8, 4) is 23.0 Å². The van der Waals surface area contributed by atoms with E-state index in [0.29, 0.717) is 0 Å². The Morgan fingerprint density at radius 1 is 0.545 bits per heavy atom. The van der Waals surface area contributed by atoms with Crippen molar-refractivity contribution < 1.29 is 0 Å². The van der Waals surface area contributed by atoms with Crippen molar-refractivity contribution in [1.29, 1.82) is 0 Å². The lowest BCUT2D eigenvalue weighted by Gasteiger charge is -1.88. The summed E-state index contributed by atoms with van der Waals surface area (Å²) in [6.07, 6.45) is 0. The molecule has 0 aliphatic rings. The first-order valence-corrected chi connectivity index (χ1v) is 5.62. The highest BCUT2D eigenvalue weighted by Crippen LogP contribution is 2.26. The molecule has 0 atom stereocenters. The van der Waals surface area contributed by atoms with Gasteiger partial charge >= 0.3 is 0 Å². The normalized spacial score (nSPS) is 11.5.